The number of methoxy groups -OCH3 is 1. The van der Waals surface area contributed by atoms with Crippen molar-refractivity contribution in [2.75, 3.05) is 20.3 Å². The summed E-state index contributed by atoms with van der Waals surface area (Å²) in [5.41, 5.74) is 6.00. The van der Waals surface area contributed by atoms with Crippen molar-refractivity contribution in [2.24, 2.45) is 11.7 Å². The molecule has 1 aliphatic heterocycles. The first-order valence-corrected chi connectivity index (χ1v) is 5.65. The van der Waals surface area contributed by atoms with Crippen molar-refractivity contribution in [3.63, 3.8) is 0 Å². The molecule has 18 heavy (non-hydrogen) atoms. The standard InChI is InChI=1S/C12H16N2O4/c1-17-10-3-2-9-4-8(6-14(16)12(13)15)7-18-11(9)5-10/h2-3,5,8,16H,4,6-7H2,1H3,(H2,13,15). The van der Waals surface area contributed by atoms with Crippen molar-refractivity contribution in [3.8, 4) is 11.5 Å². The third-order valence-electron chi connectivity index (χ3n) is 2.94. The fraction of sp³-hybridized carbons (Fsp3) is 0.417. The summed E-state index contributed by atoms with van der Waals surface area (Å²) in [5, 5.41) is 9.81. The van der Waals surface area contributed by atoms with Gasteiger partial charge in [-0.3, -0.25) is 5.21 Å². The van der Waals surface area contributed by atoms with Gasteiger partial charge in [0, 0.05) is 12.0 Å². The molecule has 2 amide bonds. The lowest BCUT2D eigenvalue weighted by Gasteiger charge is -2.27. The number of fused-ring (bicyclic) bond motifs is 1. The summed E-state index contributed by atoms with van der Waals surface area (Å²) in [4.78, 5) is 10.7. The lowest BCUT2D eigenvalue weighted by molar-refractivity contribution is -0.0556. The summed E-state index contributed by atoms with van der Waals surface area (Å²) < 4.78 is 10.7. The van der Waals surface area contributed by atoms with Crippen molar-refractivity contribution >= 4 is 6.03 Å². The first-order chi connectivity index (χ1) is 8.60. The van der Waals surface area contributed by atoms with Gasteiger partial charge >= 0.3 is 6.03 Å². The van der Waals surface area contributed by atoms with Crippen LogP contribution in [0.4, 0.5) is 4.79 Å². The molecule has 0 spiro atoms. The first kappa shape index (κ1) is 12.5. The summed E-state index contributed by atoms with van der Waals surface area (Å²) in [5.74, 6) is 1.56. The second-order valence-corrected chi connectivity index (χ2v) is 4.28. The van der Waals surface area contributed by atoms with Crippen LogP contribution in [0.2, 0.25) is 0 Å². The number of rotatable bonds is 3. The minimum Gasteiger partial charge on any atom is -0.497 e. The monoisotopic (exact) mass is 252 g/mol. The summed E-state index contributed by atoms with van der Waals surface area (Å²) in [6, 6.07) is 4.76. The van der Waals surface area contributed by atoms with E-state index in [4.69, 9.17) is 15.2 Å². The van der Waals surface area contributed by atoms with E-state index < -0.39 is 6.03 Å². The van der Waals surface area contributed by atoms with Gasteiger partial charge in [-0.25, -0.2) is 9.86 Å². The molecule has 0 saturated heterocycles. The van der Waals surface area contributed by atoms with Gasteiger partial charge in [0.1, 0.15) is 11.5 Å². The first-order valence-electron chi connectivity index (χ1n) is 5.65. The highest BCUT2D eigenvalue weighted by Gasteiger charge is 2.23. The Morgan fingerprint density at radius 3 is 3.11 bits per heavy atom. The normalized spacial score (nSPS) is 17.6. The van der Waals surface area contributed by atoms with Crippen LogP contribution in [-0.4, -0.2) is 36.6 Å². The van der Waals surface area contributed by atoms with Gasteiger partial charge in [-0.1, -0.05) is 6.07 Å². The molecule has 1 aromatic rings. The van der Waals surface area contributed by atoms with Crippen LogP contribution in [0.15, 0.2) is 18.2 Å². The van der Waals surface area contributed by atoms with Crippen LogP contribution in [-0.2, 0) is 6.42 Å². The van der Waals surface area contributed by atoms with Crippen LogP contribution in [0.25, 0.3) is 0 Å². The number of nitrogens with zero attached hydrogens (tertiary/aromatic N) is 1. The summed E-state index contributed by atoms with van der Waals surface area (Å²) >= 11 is 0. The Morgan fingerprint density at radius 2 is 2.44 bits per heavy atom. The zero-order valence-corrected chi connectivity index (χ0v) is 10.1. The Bertz CT molecular complexity index is 450. The number of benzene rings is 1. The van der Waals surface area contributed by atoms with Crippen molar-refractivity contribution < 1.29 is 19.5 Å². The zero-order valence-electron chi connectivity index (χ0n) is 10.1. The highest BCUT2D eigenvalue weighted by molar-refractivity contribution is 5.70. The maximum Gasteiger partial charge on any atom is 0.338 e. The van der Waals surface area contributed by atoms with E-state index in [0.29, 0.717) is 11.7 Å². The number of hydroxylamine groups is 2. The van der Waals surface area contributed by atoms with Gasteiger partial charge in [-0.2, -0.15) is 0 Å². The van der Waals surface area contributed by atoms with E-state index >= 15 is 0 Å². The van der Waals surface area contributed by atoms with Gasteiger partial charge in [0.15, 0.2) is 0 Å². The van der Waals surface area contributed by atoms with Crippen molar-refractivity contribution in [1.29, 1.82) is 0 Å². The Hall–Kier alpha value is -1.95. The van der Waals surface area contributed by atoms with Gasteiger partial charge in [0.05, 0.1) is 20.3 Å². The maximum absolute atomic E-state index is 10.7. The van der Waals surface area contributed by atoms with E-state index in [9.17, 15) is 10.0 Å². The molecule has 0 saturated carbocycles. The topological polar surface area (TPSA) is 85.0 Å². The molecule has 3 N–H and O–H groups in total. The molecular weight excluding hydrogens is 236 g/mol. The molecule has 2 rings (SSSR count). The molecule has 6 heteroatoms. The maximum atomic E-state index is 10.7. The number of amides is 2. The molecule has 0 bridgehead atoms. The Labute approximate surface area is 105 Å². The van der Waals surface area contributed by atoms with E-state index in [-0.39, 0.29) is 12.5 Å². The number of ether oxygens (including phenoxy) is 2. The lowest BCUT2D eigenvalue weighted by Crippen LogP contribution is -2.39. The molecule has 0 aliphatic carbocycles. The van der Waals surface area contributed by atoms with Crippen LogP contribution >= 0.6 is 0 Å². The smallest absolute Gasteiger partial charge is 0.338 e. The largest absolute Gasteiger partial charge is 0.497 e. The molecular formula is C12H16N2O4. The summed E-state index contributed by atoms with van der Waals surface area (Å²) in [6.07, 6.45) is 0.726. The average Bonchev–Trinajstić information content (AvgIpc) is 2.37. The van der Waals surface area contributed by atoms with E-state index in [1.54, 1.807) is 7.11 Å². The second-order valence-electron chi connectivity index (χ2n) is 4.28. The van der Waals surface area contributed by atoms with E-state index in [1.807, 2.05) is 18.2 Å². The van der Waals surface area contributed by atoms with Crippen molar-refractivity contribution in [2.45, 2.75) is 6.42 Å². The number of urea groups is 1. The minimum atomic E-state index is -0.851. The zero-order chi connectivity index (χ0) is 13.1. The van der Waals surface area contributed by atoms with Crippen LogP contribution in [0.3, 0.4) is 0 Å². The Balaban J connectivity index is 2.04. The van der Waals surface area contributed by atoms with Gasteiger partial charge in [-0.15, -0.1) is 0 Å². The number of carbonyl (C=O) groups is 1. The molecule has 0 radical (unpaired) electrons. The average molecular weight is 252 g/mol. The number of hydrogen-bond acceptors (Lipinski definition) is 4. The molecule has 1 aliphatic rings. The number of nitrogens with two attached hydrogens (primary N) is 1. The van der Waals surface area contributed by atoms with Gasteiger partial charge < -0.3 is 15.2 Å². The molecule has 1 aromatic carbocycles. The number of carbonyl (C=O) groups excluding carboxylic acids is 1. The fourth-order valence-electron chi connectivity index (χ4n) is 1.99. The predicted molar refractivity (Wildman–Crippen MR) is 63.8 cm³/mol. The van der Waals surface area contributed by atoms with Gasteiger partial charge in [0.25, 0.3) is 0 Å². The van der Waals surface area contributed by atoms with E-state index in [0.717, 1.165) is 23.5 Å². The lowest BCUT2D eigenvalue weighted by atomic mass is 9.96. The minimum absolute atomic E-state index is 0.0309. The second kappa shape index (κ2) is 5.14. The Morgan fingerprint density at radius 1 is 1.67 bits per heavy atom. The fourth-order valence-corrected chi connectivity index (χ4v) is 1.99. The molecule has 98 valence electrons. The van der Waals surface area contributed by atoms with Crippen LogP contribution in [0.1, 0.15) is 5.56 Å². The SMILES string of the molecule is COc1ccc2c(c1)OCC(CN(O)C(N)=O)C2. The Kier molecular flexibility index (Phi) is 3.57. The molecule has 1 heterocycles. The van der Waals surface area contributed by atoms with Crippen molar-refractivity contribution in [3.05, 3.63) is 23.8 Å². The van der Waals surface area contributed by atoms with E-state index in [2.05, 4.69) is 0 Å². The molecule has 6 nitrogen and oxygen atoms in total. The third kappa shape index (κ3) is 2.65. The summed E-state index contributed by atoms with van der Waals surface area (Å²) in [7, 11) is 1.60. The molecule has 0 aromatic heterocycles. The molecule has 1 atom stereocenters. The third-order valence-corrected chi connectivity index (χ3v) is 2.94. The molecule has 0 fully saturated rings. The highest BCUT2D eigenvalue weighted by Crippen LogP contribution is 2.31. The predicted octanol–water partition coefficient (Wildman–Crippen LogP) is 1.02. The highest BCUT2D eigenvalue weighted by atomic mass is 16.5. The number of hydrogen-bond donors (Lipinski definition) is 2. The van der Waals surface area contributed by atoms with Gasteiger partial charge in [0.2, 0.25) is 0 Å². The quantitative estimate of drug-likeness (QED) is 0.621. The summed E-state index contributed by atoms with van der Waals surface area (Å²) in [6.45, 7) is 0.602. The van der Waals surface area contributed by atoms with Crippen LogP contribution in [0, 0.1) is 5.92 Å². The molecule has 1 unspecified atom stereocenters. The van der Waals surface area contributed by atoms with E-state index in [1.165, 1.54) is 0 Å². The van der Waals surface area contributed by atoms with Crippen LogP contribution < -0.4 is 15.2 Å². The van der Waals surface area contributed by atoms with Gasteiger partial charge in [-0.05, 0) is 18.1 Å². The number of primary amides is 1. The van der Waals surface area contributed by atoms with Crippen molar-refractivity contribution in [1.82, 2.24) is 5.06 Å². The van der Waals surface area contributed by atoms with Crippen LogP contribution in [0.5, 0.6) is 11.5 Å².